The second-order valence-corrected chi connectivity index (χ2v) is 8.31. The molecule has 0 aliphatic carbocycles. The Bertz CT molecular complexity index is 956. The van der Waals surface area contributed by atoms with Crippen LogP contribution in [-0.2, 0) is 16.0 Å². The third-order valence-corrected chi connectivity index (χ3v) is 6.31. The Kier molecular flexibility index (Phi) is 7.01. The Hall–Kier alpha value is -2.43. The van der Waals surface area contributed by atoms with Crippen molar-refractivity contribution in [2.24, 2.45) is 0 Å². The quantitative estimate of drug-likeness (QED) is 0.450. The topological polar surface area (TPSA) is 92.4 Å². The van der Waals surface area contributed by atoms with Gasteiger partial charge in [-0.15, -0.1) is 22.7 Å². The van der Waals surface area contributed by atoms with Crippen molar-refractivity contribution in [3.05, 3.63) is 51.3 Å². The van der Waals surface area contributed by atoms with Crippen molar-refractivity contribution in [1.82, 2.24) is 15.8 Å². The monoisotopic (exact) mass is 480 g/mol. The maximum atomic E-state index is 12.0. The summed E-state index contributed by atoms with van der Waals surface area (Å²) in [5.41, 5.74) is 6.22. The number of amides is 2. The fourth-order valence-electron chi connectivity index (χ4n) is 2.21. The molecule has 1 aromatic carbocycles. The van der Waals surface area contributed by atoms with Gasteiger partial charge in [-0.2, -0.15) is 0 Å². The molecule has 0 aliphatic heterocycles. The Morgan fingerprint density at radius 2 is 1.86 bits per heavy atom. The van der Waals surface area contributed by atoms with E-state index < -0.39 is 0 Å². The second-order valence-electron chi connectivity index (χ2n) is 5.63. The molecule has 0 bridgehead atoms. The number of ether oxygens (including phenoxy) is 1. The van der Waals surface area contributed by atoms with E-state index in [0.29, 0.717) is 5.69 Å². The molecule has 0 atom stereocenters. The van der Waals surface area contributed by atoms with E-state index >= 15 is 0 Å². The first-order chi connectivity index (χ1) is 13.5. The first-order valence-electron chi connectivity index (χ1n) is 8.18. The zero-order chi connectivity index (χ0) is 19.9. The highest BCUT2D eigenvalue weighted by Crippen LogP contribution is 2.32. The Labute approximate surface area is 178 Å². The highest BCUT2D eigenvalue weighted by molar-refractivity contribution is 9.10. The second kappa shape index (κ2) is 9.67. The number of hydrogen-bond donors (Lipinski definition) is 3. The number of hydrogen-bond acceptors (Lipinski definition) is 7. The summed E-state index contributed by atoms with van der Waals surface area (Å²) >= 11 is 6.48. The lowest BCUT2D eigenvalue weighted by Crippen LogP contribution is -2.44. The first kappa shape index (κ1) is 20.3. The van der Waals surface area contributed by atoms with Crippen LogP contribution in [-0.4, -0.2) is 30.5 Å². The van der Waals surface area contributed by atoms with Crippen LogP contribution >= 0.6 is 38.6 Å². The molecule has 0 spiro atoms. The van der Waals surface area contributed by atoms with Crippen LogP contribution in [0.3, 0.4) is 0 Å². The number of hydrazine groups is 1. The molecule has 0 saturated heterocycles. The third-order valence-electron chi connectivity index (χ3n) is 3.56. The van der Waals surface area contributed by atoms with E-state index in [4.69, 9.17) is 4.74 Å². The molecule has 28 heavy (non-hydrogen) atoms. The number of methoxy groups -OCH3 is 1. The molecule has 2 aromatic heterocycles. The van der Waals surface area contributed by atoms with Crippen LogP contribution in [0.5, 0.6) is 5.75 Å². The molecule has 2 amide bonds. The molecule has 0 fully saturated rings. The summed E-state index contributed by atoms with van der Waals surface area (Å²) in [6.45, 7) is 0.0285. The predicted molar refractivity (Wildman–Crippen MR) is 115 cm³/mol. The highest BCUT2D eigenvalue weighted by Gasteiger charge is 2.11. The predicted octanol–water partition coefficient (Wildman–Crippen LogP) is 3.44. The molecule has 0 unspecified atom stereocenters. The molecule has 146 valence electrons. The van der Waals surface area contributed by atoms with Crippen molar-refractivity contribution in [1.29, 1.82) is 0 Å². The summed E-state index contributed by atoms with van der Waals surface area (Å²) < 4.78 is 6.08. The maximum absolute atomic E-state index is 12.0. The van der Waals surface area contributed by atoms with Crippen LogP contribution in [0.15, 0.2) is 45.6 Å². The summed E-state index contributed by atoms with van der Waals surface area (Å²) in [6, 6.07) is 9.18. The number of carbonyl (C=O) groups excluding carboxylic acids is 2. The van der Waals surface area contributed by atoms with Crippen LogP contribution in [0.4, 0.5) is 5.69 Å². The summed E-state index contributed by atoms with van der Waals surface area (Å²) in [5, 5.41) is 7.65. The smallest absolute Gasteiger partial charge is 0.257 e. The Balaban J connectivity index is 1.41. The number of benzene rings is 1. The number of thiazole rings is 1. The standard InChI is InChI=1S/C18H17BrN4O3S2/c1-26-14-4-2-12(3-5-14)20-8-17(25)23-22-16(24)7-13-10-28-18(21-13)15-6-11(19)9-27-15/h2-6,9-10,20H,7-8H2,1H3,(H,22,24)(H,23,25). The zero-order valence-electron chi connectivity index (χ0n) is 14.8. The summed E-state index contributed by atoms with van der Waals surface area (Å²) in [7, 11) is 1.59. The molecular formula is C18H17BrN4O3S2. The van der Waals surface area contributed by atoms with Crippen molar-refractivity contribution < 1.29 is 14.3 Å². The van der Waals surface area contributed by atoms with Gasteiger partial charge in [0.1, 0.15) is 10.8 Å². The first-order valence-corrected chi connectivity index (χ1v) is 10.7. The van der Waals surface area contributed by atoms with Crippen molar-refractivity contribution in [2.45, 2.75) is 6.42 Å². The SMILES string of the molecule is COc1ccc(NCC(=O)NNC(=O)Cc2csc(-c3cc(Br)cs3)n2)cc1. The lowest BCUT2D eigenvalue weighted by Gasteiger charge is -2.09. The zero-order valence-corrected chi connectivity index (χ0v) is 18.0. The van der Waals surface area contributed by atoms with Gasteiger partial charge in [0, 0.05) is 20.9 Å². The van der Waals surface area contributed by atoms with E-state index in [-0.39, 0.29) is 24.8 Å². The maximum Gasteiger partial charge on any atom is 0.257 e. The van der Waals surface area contributed by atoms with Crippen molar-refractivity contribution in [2.75, 3.05) is 19.0 Å². The summed E-state index contributed by atoms with van der Waals surface area (Å²) in [4.78, 5) is 29.4. The van der Waals surface area contributed by atoms with Gasteiger partial charge in [0.05, 0.1) is 30.6 Å². The summed E-state index contributed by atoms with van der Waals surface area (Å²) in [6.07, 6.45) is 0.0925. The van der Waals surface area contributed by atoms with Crippen LogP contribution in [0.2, 0.25) is 0 Å². The van der Waals surface area contributed by atoms with Gasteiger partial charge in [-0.3, -0.25) is 20.4 Å². The number of rotatable bonds is 7. The van der Waals surface area contributed by atoms with Crippen LogP contribution in [0, 0.1) is 0 Å². The number of nitrogens with zero attached hydrogens (tertiary/aromatic N) is 1. The van der Waals surface area contributed by atoms with E-state index in [1.165, 1.54) is 11.3 Å². The van der Waals surface area contributed by atoms with Crippen molar-refractivity contribution >= 4 is 56.1 Å². The molecule has 3 aromatic rings. The number of thiophene rings is 1. The minimum Gasteiger partial charge on any atom is -0.497 e. The number of halogens is 1. The average Bonchev–Trinajstić information content (AvgIpc) is 3.34. The fraction of sp³-hybridized carbons (Fsp3) is 0.167. The number of nitrogens with one attached hydrogen (secondary N) is 3. The van der Waals surface area contributed by atoms with Gasteiger partial charge in [0.2, 0.25) is 5.91 Å². The fourth-order valence-corrected chi connectivity index (χ4v) is 4.54. The van der Waals surface area contributed by atoms with Crippen LogP contribution in [0.1, 0.15) is 5.69 Å². The van der Waals surface area contributed by atoms with Crippen molar-refractivity contribution in [3.8, 4) is 15.6 Å². The molecule has 0 radical (unpaired) electrons. The van der Waals surface area contributed by atoms with E-state index in [2.05, 4.69) is 37.1 Å². The number of anilines is 1. The molecule has 0 aliphatic rings. The van der Waals surface area contributed by atoms with E-state index in [0.717, 1.165) is 25.8 Å². The molecule has 10 heteroatoms. The lowest BCUT2D eigenvalue weighted by molar-refractivity contribution is -0.127. The number of carbonyl (C=O) groups is 2. The van der Waals surface area contributed by atoms with Crippen molar-refractivity contribution in [3.63, 3.8) is 0 Å². The van der Waals surface area contributed by atoms with E-state index in [1.807, 2.05) is 16.8 Å². The Morgan fingerprint density at radius 3 is 2.54 bits per heavy atom. The van der Waals surface area contributed by atoms with E-state index in [1.54, 1.807) is 42.7 Å². The molecule has 7 nitrogen and oxygen atoms in total. The Morgan fingerprint density at radius 1 is 1.11 bits per heavy atom. The minimum atomic E-state index is -0.355. The molecule has 3 N–H and O–H groups in total. The van der Waals surface area contributed by atoms with Gasteiger partial charge in [0.15, 0.2) is 0 Å². The highest BCUT2D eigenvalue weighted by atomic mass is 79.9. The lowest BCUT2D eigenvalue weighted by atomic mass is 10.3. The van der Waals surface area contributed by atoms with Gasteiger partial charge in [0.25, 0.3) is 5.91 Å². The molecule has 3 rings (SSSR count). The number of aromatic nitrogens is 1. The molecular weight excluding hydrogens is 464 g/mol. The average molecular weight is 481 g/mol. The van der Waals surface area contributed by atoms with Gasteiger partial charge < -0.3 is 10.1 Å². The van der Waals surface area contributed by atoms with Gasteiger partial charge in [-0.1, -0.05) is 0 Å². The molecule has 2 heterocycles. The van der Waals surface area contributed by atoms with Gasteiger partial charge >= 0.3 is 0 Å². The van der Waals surface area contributed by atoms with E-state index in [9.17, 15) is 9.59 Å². The largest absolute Gasteiger partial charge is 0.497 e. The summed E-state index contributed by atoms with van der Waals surface area (Å²) in [5.74, 6) is 0.0488. The normalized spacial score (nSPS) is 10.4. The molecule has 0 saturated carbocycles. The van der Waals surface area contributed by atoms with Crippen LogP contribution in [0.25, 0.3) is 9.88 Å². The van der Waals surface area contributed by atoms with Crippen LogP contribution < -0.4 is 20.9 Å². The third kappa shape index (κ3) is 5.78. The van der Waals surface area contributed by atoms with Gasteiger partial charge in [-0.05, 0) is 46.3 Å². The minimum absolute atomic E-state index is 0.0285. The van der Waals surface area contributed by atoms with Gasteiger partial charge in [-0.25, -0.2) is 4.98 Å².